The molecule has 0 bridgehead atoms. The van der Waals surface area contributed by atoms with Gasteiger partial charge in [-0.3, -0.25) is 9.59 Å². The second-order valence-corrected chi connectivity index (χ2v) is 4.57. The van der Waals surface area contributed by atoms with Gasteiger partial charge in [0.25, 0.3) is 0 Å². The fourth-order valence-corrected chi connectivity index (χ4v) is 2.04. The van der Waals surface area contributed by atoms with Crippen LogP contribution in [0.1, 0.15) is 31.2 Å². The highest BCUT2D eigenvalue weighted by atomic mass is 16.4. The lowest BCUT2D eigenvalue weighted by Crippen LogP contribution is -2.33. The molecule has 1 N–H and O–H groups in total. The number of nitrogens with zero attached hydrogens (tertiary/aromatic N) is 1. The van der Waals surface area contributed by atoms with E-state index in [1.165, 1.54) is 0 Å². The molecule has 0 saturated carbocycles. The molecular weight excluding hydrogens is 254 g/mol. The zero-order valence-corrected chi connectivity index (χ0v) is 11.8. The van der Waals surface area contributed by atoms with E-state index in [9.17, 15) is 9.59 Å². The number of carboxylic acid groups (broad SMARTS) is 1. The Labute approximate surface area is 119 Å². The van der Waals surface area contributed by atoms with Crippen molar-refractivity contribution in [1.29, 1.82) is 0 Å². The highest BCUT2D eigenvalue weighted by molar-refractivity contribution is 5.78. The minimum atomic E-state index is -0.889. The van der Waals surface area contributed by atoms with E-state index in [2.05, 4.69) is 6.58 Å². The summed E-state index contributed by atoms with van der Waals surface area (Å²) in [5.41, 5.74) is 1.05. The number of carbonyl (C=O) groups is 2. The smallest absolute Gasteiger partial charge is 0.305 e. The molecule has 0 aromatic heterocycles. The third kappa shape index (κ3) is 4.88. The third-order valence-corrected chi connectivity index (χ3v) is 3.24. The predicted octanol–water partition coefficient (Wildman–Crippen LogP) is 2.67. The molecule has 0 aliphatic rings. The Morgan fingerprint density at radius 2 is 2.00 bits per heavy atom. The van der Waals surface area contributed by atoms with E-state index in [0.29, 0.717) is 13.0 Å². The van der Waals surface area contributed by atoms with Crippen LogP contribution in [-0.2, 0) is 9.59 Å². The average Bonchev–Trinajstić information content (AvgIpc) is 2.46. The second-order valence-electron chi connectivity index (χ2n) is 4.57. The van der Waals surface area contributed by atoms with Gasteiger partial charge in [0.05, 0.1) is 6.42 Å². The van der Waals surface area contributed by atoms with E-state index in [4.69, 9.17) is 5.11 Å². The summed E-state index contributed by atoms with van der Waals surface area (Å²) in [4.78, 5) is 24.4. The maximum Gasteiger partial charge on any atom is 0.305 e. The molecule has 0 saturated heterocycles. The summed E-state index contributed by atoms with van der Waals surface area (Å²) >= 11 is 0. The molecule has 1 aromatic rings. The highest BCUT2D eigenvalue weighted by Gasteiger charge is 2.18. The summed E-state index contributed by atoms with van der Waals surface area (Å²) in [6.07, 6.45) is 2.06. The van der Waals surface area contributed by atoms with Gasteiger partial charge >= 0.3 is 5.97 Å². The molecule has 0 fully saturated rings. The number of amides is 1. The number of benzene rings is 1. The van der Waals surface area contributed by atoms with Crippen LogP contribution < -0.4 is 0 Å². The van der Waals surface area contributed by atoms with Gasteiger partial charge in [0, 0.05) is 25.4 Å². The van der Waals surface area contributed by atoms with Gasteiger partial charge in [-0.05, 0) is 12.5 Å². The topological polar surface area (TPSA) is 57.6 Å². The van der Waals surface area contributed by atoms with Gasteiger partial charge in [-0.25, -0.2) is 0 Å². The number of carbonyl (C=O) groups excluding carboxylic acids is 1. The van der Waals surface area contributed by atoms with E-state index in [1.54, 1.807) is 11.0 Å². The lowest BCUT2D eigenvalue weighted by atomic mass is 9.95. The minimum Gasteiger partial charge on any atom is -0.481 e. The molecule has 0 radical (unpaired) electrons. The van der Waals surface area contributed by atoms with Crippen LogP contribution in [0.4, 0.5) is 0 Å². The Hall–Kier alpha value is -2.10. The number of allylic oxidation sites excluding steroid dienone is 1. The molecule has 1 unspecified atom stereocenters. The summed E-state index contributed by atoms with van der Waals surface area (Å²) in [5.74, 6) is -0.968. The van der Waals surface area contributed by atoms with Crippen LogP contribution in [0.3, 0.4) is 0 Å². The standard InChI is InChI=1S/C16H21NO3/c1-3-13(14-8-6-5-7-9-14)12-15(18)17(4-2)11-10-16(19)20/h3,5-9,13H,1,4,10-12H2,2H3,(H,19,20). The van der Waals surface area contributed by atoms with Crippen molar-refractivity contribution in [2.45, 2.75) is 25.7 Å². The third-order valence-electron chi connectivity index (χ3n) is 3.24. The fourth-order valence-electron chi connectivity index (χ4n) is 2.04. The molecule has 4 nitrogen and oxygen atoms in total. The molecule has 1 rings (SSSR count). The Balaban J connectivity index is 2.66. The van der Waals surface area contributed by atoms with Crippen LogP contribution in [0.2, 0.25) is 0 Å². The Morgan fingerprint density at radius 1 is 1.35 bits per heavy atom. The second kappa shape index (κ2) is 8.15. The molecule has 0 aliphatic heterocycles. The number of hydrogen-bond donors (Lipinski definition) is 1. The molecule has 1 atom stereocenters. The van der Waals surface area contributed by atoms with Crippen molar-refractivity contribution in [1.82, 2.24) is 4.90 Å². The maximum atomic E-state index is 12.2. The van der Waals surface area contributed by atoms with E-state index in [0.717, 1.165) is 5.56 Å². The zero-order valence-electron chi connectivity index (χ0n) is 11.8. The first-order valence-electron chi connectivity index (χ1n) is 6.75. The van der Waals surface area contributed by atoms with E-state index >= 15 is 0 Å². The Morgan fingerprint density at radius 3 is 2.50 bits per heavy atom. The lowest BCUT2D eigenvalue weighted by molar-refractivity contribution is -0.138. The SMILES string of the molecule is C=CC(CC(=O)N(CC)CCC(=O)O)c1ccccc1. The largest absolute Gasteiger partial charge is 0.481 e. The van der Waals surface area contributed by atoms with E-state index < -0.39 is 5.97 Å². The van der Waals surface area contributed by atoms with Crippen LogP contribution >= 0.6 is 0 Å². The predicted molar refractivity (Wildman–Crippen MR) is 78.5 cm³/mol. The summed E-state index contributed by atoms with van der Waals surface area (Å²) < 4.78 is 0. The minimum absolute atomic E-state index is 0.0241. The van der Waals surface area contributed by atoms with Crippen molar-refractivity contribution in [3.8, 4) is 0 Å². The van der Waals surface area contributed by atoms with Gasteiger partial charge in [0.1, 0.15) is 0 Å². The van der Waals surface area contributed by atoms with Crippen molar-refractivity contribution in [3.63, 3.8) is 0 Å². The van der Waals surface area contributed by atoms with E-state index in [1.807, 2.05) is 37.3 Å². The molecule has 1 aromatic carbocycles. The summed E-state index contributed by atoms with van der Waals surface area (Å²) in [5, 5.41) is 8.69. The van der Waals surface area contributed by atoms with Gasteiger partial charge in [0.2, 0.25) is 5.91 Å². The van der Waals surface area contributed by atoms with Gasteiger partial charge in [-0.2, -0.15) is 0 Å². The van der Waals surface area contributed by atoms with Crippen molar-refractivity contribution in [2.24, 2.45) is 0 Å². The number of aliphatic carboxylic acids is 1. The summed E-state index contributed by atoms with van der Waals surface area (Å²) in [6.45, 7) is 6.41. The molecular formula is C16H21NO3. The first-order valence-corrected chi connectivity index (χ1v) is 6.75. The van der Waals surface area contributed by atoms with Crippen LogP contribution in [0.5, 0.6) is 0 Å². The molecule has 4 heteroatoms. The molecule has 0 aliphatic carbocycles. The summed E-state index contributed by atoms with van der Waals surface area (Å²) in [7, 11) is 0. The van der Waals surface area contributed by atoms with Crippen molar-refractivity contribution < 1.29 is 14.7 Å². The highest BCUT2D eigenvalue weighted by Crippen LogP contribution is 2.21. The first kappa shape index (κ1) is 16.0. The Bertz CT molecular complexity index is 456. The fraction of sp³-hybridized carbons (Fsp3) is 0.375. The number of rotatable bonds is 8. The normalized spacial score (nSPS) is 11.7. The van der Waals surface area contributed by atoms with Crippen molar-refractivity contribution in [2.75, 3.05) is 13.1 Å². The van der Waals surface area contributed by atoms with Crippen LogP contribution in [-0.4, -0.2) is 35.0 Å². The van der Waals surface area contributed by atoms with E-state index in [-0.39, 0.29) is 24.8 Å². The van der Waals surface area contributed by atoms with Gasteiger partial charge in [-0.15, -0.1) is 6.58 Å². The molecule has 1 amide bonds. The Kier molecular flexibility index (Phi) is 6.50. The maximum absolute atomic E-state index is 12.2. The molecule has 20 heavy (non-hydrogen) atoms. The van der Waals surface area contributed by atoms with Crippen molar-refractivity contribution in [3.05, 3.63) is 48.6 Å². The molecule has 0 heterocycles. The number of hydrogen-bond acceptors (Lipinski definition) is 2. The molecule has 0 spiro atoms. The van der Waals surface area contributed by atoms with Gasteiger partial charge in [0.15, 0.2) is 0 Å². The average molecular weight is 275 g/mol. The molecule has 108 valence electrons. The van der Waals surface area contributed by atoms with Crippen LogP contribution in [0.25, 0.3) is 0 Å². The number of carboxylic acids is 1. The van der Waals surface area contributed by atoms with Crippen LogP contribution in [0, 0.1) is 0 Å². The monoisotopic (exact) mass is 275 g/mol. The summed E-state index contributed by atoms with van der Waals surface area (Å²) in [6, 6.07) is 9.72. The van der Waals surface area contributed by atoms with Crippen molar-refractivity contribution >= 4 is 11.9 Å². The lowest BCUT2D eigenvalue weighted by Gasteiger charge is -2.22. The zero-order chi connectivity index (χ0) is 15.0. The van der Waals surface area contributed by atoms with Crippen LogP contribution in [0.15, 0.2) is 43.0 Å². The first-order chi connectivity index (χ1) is 9.58. The van der Waals surface area contributed by atoms with Gasteiger partial charge < -0.3 is 10.0 Å². The quantitative estimate of drug-likeness (QED) is 0.742. The van der Waals surface area contributed by atoms with Gasteiger partial charge in [-0.1, -0.05) is 36.4 Å².